The molecule has 2 aliphatic heterocycles. The van der Waals surface area contributed by atoms with E-state index in [1.165, 1.54) is 26.7 Å². The average Bonchev–Trinajstić information content (AvgIpc) is 3.28. The molecule has 0 saturated carbocycles. The number of carbonyl (C=O) groups is 2. The van der Waals surface area contributed by atoms with Crippen molar-refractivity contribution in [2.75, 3.05) is 13.1 Å². The Morgan fingerprint density at radius 3 is 2.75 bits per heavy atom. The Morgan fingerprint density at radius 2 is 2.07 bits per heavy atom. The van der Waals surface area contributed by atoms with Crippen molar-refractivity contribution in [3.63, 3.8) is 0 Å². The van der Waals surface area contributed by atoms with Crippen LogP contribution in [0.25, 0.3) is 11.6 Å². The van der Waals surface area contributed by atoms with Crippen LogP contribution < -0.4 is 5.32 Å². The molecule has 4 nitrogen and oxygen atoms in total. The summed E-state index contributed by atoms with van der Waals surface area (Å²) >= 11 is 9.90. The predicted molar refractivity (Wildman–Crippen MR) is 115 cm³/mol. The van der Waals surface area contributed by atoms with Gasteiger partial charge in [-0.25, -0.2) is 0 Å². The van der Waals surface area contributed by atoms with Gasteiger partial charge in [0.15, 0.2) is 0 Å². The molecule has 2 fully saturated rings. The number of nitrogens with zero attached hydrogens (tertiary/aromatic N) is 1. The molecule has 4 heterocycles. The first-order valence-electron chi connectivity index (χ1n) is 9.31. The highest BCUT2D eigenvalue weighted by molar-refractivity contribution is 7.15. The number of nitrogens with one attached hydrogen (secondary N) is 1. The van der Waals surface area contributed by atoms with Crippen LogP contribution in [0.15, 0.2) is 24.3 Å². The normalized spacial score (nSPS) is 19.9. The van der Waals surface area contributed by atoms with Crippen LogP contribution >= 0.6 is 34.3 Å². The van der Waals surface area contributed by atoms with Gasteiger partial charge in [0.05, 0.1) is 10.6 Å². The molecule has 2 saturated heterocycles. The van der Waals surface area contributed by atoms with E-state index in [1.807, 2.05) is 6.08 Å². The molecule has 0 atom stereocenters. The smallest absolute Gasteiger partial charge is 0.265 e. The Labute approximate surface area is 176 Å². The van der Waals surface area contributed by atoms with Crippen LogP contribution in [0.4, 0.5) is 0 Å². The number of fused-ring (bicyclic) bond motifs is 1. The number of rotatable bonds is 2. The van der Waals surface area contributed by atoms with Gasteiger partial charge in [0, 0.05) is 46.1 Å². The lowest BCUT2D eigenvalue weighted by Crippen LogP contribution is -2.68. The zero-order valence-corrected chi connectivity index (χ0v) is 17.8. The Hall–Kier alpha value is -1.89. The third kappa shape index (κ3) is 2.95. The number of likely N-dealkylation sites (tertiary alicyclic amines) is 1. The number of aryl methyl sites for hydroxylation is 1. The van der Waals surface area contributed by atoms with Crippen molar-refractivity contribution < 1.29 is 9.59 Å². The predicted octanol–water partition coefficient (Wildman–Crippen LogP) is 4.53. The second-order valence-electron chi connectivity index (χ2n) is 7.68. The summed E-state index contributed by atoms with van der Waals surface area (Å²) in [6.45, 7) is 3.26. The van der Waals surface area contributed by atoms with Gasteiger partial charge < -0.3 is 10.2 Å². The van der Waals surface area contributed by atoms with E-state index < -0.39 is 0 Å². The maximum atomic E-state index is 13.0. The van der Waals surface area contributed by atoms with Gasteiger partial charge in [0.25, 0.3) is 5.91 Å². The van der Waals surface area contributed by atoms with Gasteiger partial charge in [0.1, 0.15) is 4.88 Å². The van der Waals surface area contributed by atoms with Gasteiger partial charge in [-0.1, -0.05) is 29.8 Å². The van der Waals surface area contributed by atoms with E-state index in [4.69, 9.17) is 11.6 Å². The van der Waals surface area contributed by atoms with Crippen molar-refractivity contribution >= 4 is 57.7 Å². The maximum Gasteiger partial charge on any atom is 0.265 e. The molecule has 2 amide bonds. The number of thiophene rings is 2. The van der Waals surface area contributed by atoms with Crippen LogP contribution in [0.2, 0.25) is 5.02 Å². The summed E-state index contributed by atoms with van der Waals surface area (Å²) in [6, 6.07) is 4.28. The molecule has 2 aromatic heterocycles. The molecule has 28 heavy (non-hydrogen) atoms. The molecule has 5 rings (SSSR count). The minimum Gasteiger partial charge on any atom is -0.347 e. The number of allylic oxidation sites excluding steroid dienone is 3. The number of halogens is 1. The summed E-state index contributed by atoms with van der Waals surface area (Å²) in [4.78, 5) is 30.5. The van der Waals surface area contributed by atoms with Crippen molar-refractivity contribution in [1.82, 2.24) is 10.2 Å². The number of hydrogen-bond acceptors (Lipinski definition) is 4. The zero-order chi connectivity index (χ0) is 19.5. The highest BCUT2D eigenvalue weighted by Gasteiger charge is 2.49. The van der Waals surface area contributed by atoms with Crippen molar-refractivity contribution in [1.29, 1.82) is 0 Å². The lowest BCUT2D eigenvalue weighted by Gasteiger charge is -2.47. The fraction of sp³-hybridized carbons (Fsp3) is 0.333. The Morgan fingerprint density at radius 1 is 1.25 bits per heavy atom. The first-order chi connectivity index (χ1) is 13.4. The van der Waals surface area contributed by atoms with E-state index in [-0.39, 0.29) is 17.4 Å². The van der Waals surface area contributed by atoms with Crippen LogP contribution in [-0.4, -0.2) is 35.3 Å². The Bertz CT molecular complexity index is 1060. The lowest BCUT2D eigenvalue weighted by atomic mass is 9.88. The fourth-order valence-electron chi connectivity index (χ4n) is 4.12. The van der Waals surface area contributed by atoms with Crippen molar-refractivity contribution in [2.24, 2.45) is 0 Å². The van der Waals surface area contributed by atoms with E-state index in [9.17, 15) is 9.59 Å². The van der Waals surface area contributed by atoms with Gasteiger partial charge in [-0.2, -0.15) is 0 Å². The molecule has 1 spiro atoms. The molecular weight excluding hydrogens is 412 g/mol. The summed E-state index contributed by atoms with van der Waals surface area (Å²) in [6.07, 6.45) is 8.47. The number of carbonyl (C=O) groups excluding carboxylic acids is 2. The summed E-state index contributed by atoms with van der Waals surface area (Å²) < 4.78 is 0. The monoisotopic (exact) mass is 430 g/mol. The summed E-state index contributed by atoms with van der Waals surface area (Å²) in [5.74, 6) is 0.0583. The van der Waals surface area contributed by atoms with Crippen molar-refractivity contribution in [2.45, 2.75) is 31.7 Å². The van der Waals surface area contributed by atoms with Gasteiger partial charge in [-0.05, 0) is 31.1 Å². The van der Waals surface area contributed by atoms with Crippen LogP contribution in [0.3, 0.4) is 0 Å². The fourth-order valence-corrected chi connectivity index (χ4v) is 6.55. The van der Waals surface area contributed by atoms with E-state index >= 15 is 0 Å². The molecule has 0 aromatic carbocycles. The van der Waals surface area contributed by atoms with E-state index in [0.29, 0.717) is 29.4 Å². The highest BCUT2D eigenvalue weighted by atomic mass is 35.5. The van der Waals surface area contributed by atoms with E-state index in [0.717, 1.165) is 23.3 Å². The Balaban J connectivity index is 1.35. The summed E-state index contributed by atoms with van der Waals surface area (Å²) in [5.41, 5.74) is 1.95. The summed E-state index contributed by atoms with van der Waals surface area (Å²) in [7, 11) is 0. The number of amides is 2. The van der Waals surface area contributed by atoms with Crippen LogP contribution in [-0.2, 0) is 11.2 Å². The first kappa shape index (κ1) is 18.2. The molecule has 0 unspecified atom stereocenters. The van der Waals surface area contributed by atoms with E-state index in [1.54, 1.807) is 16.2 Å². The molecule has 144 valence electrons. The zero-order valence-electron chi connectivity index (χ0n) is 15.4. The van der Waals surface area contributed by atoms with Crippen LogP contribution in [0, 0.1) is 6.92 Å². The van der Waals surface area contributed by atoms with Crippen LogP contribution in [0.1, 0.15) is 42.7 Å². The Kier molecular flexibility index (Phi) is 4.27. The van der Waals surface area contributed by atoms with Gasteiger partial charge in [0.2, 0.25) is 5.91 Å². The molecule has 0 radical (unpaired) electrons. The molecule has 7 heteroatoms. The first-order valence-corrected chi connectivity index (χ1v) is 11.3. The molecular formula is C21H19ClN2O2S2. The van der Waals surface area contributed by atoms with Gasteiger partial charge in [-0.3, -0.25) is 9.59 Å². The minimum absolute atomic E-state index is 0.0265. The minimum atomic E-state index is -0.204. The van der Waals surface area contributed by atoms with E-state index in [2.05, 4.69) is 36.5 Å². The maximum absolute atomic E-state index is 13.0. The molecule has 3 aliphatic rings. The lowest BCUT2D eigenvalue weighted by molar-refractivity contribution is -0.120. The van der Waals surface area contributed by atoms with Gasteiger partial charge in [-0.15, -0.1) is 22.7 Å². The average molecular weight is 431 g/mol. The SMILES string of the molecule is Cc1ccc(C2=CCc3sc(C(=O)N4CC5(CCC(=O)N5)C4)c(Cl)c3C=C2)s1. The molecule has 2 aromatic rings. The topological polar surface area (TPSA) is 49.4 Å². The van der Waals surface area contributed by atoms with Gasteiger partial charge >= 0.3 is 0 Å². The quantitative estimate of drug-likeness (QED) is 0.760. The second kappa shape index (κ2) is 6.58. The summed E-state index contributed by atoms with van der Waals surface area (Å²) in [5, 5.41) is 3.57. The molecule has 1 N–H and O–H groups in total. The molecule has 1 aliphatic carbocycles. The molecule has 0 bridgehead atoms. The highest BCUT2D eigenvalue weighted by Crippen LogP contribution is 2.40. The van der Waals surface area contributed by atoms with Crippen LogP contribution in [0.5, 0.6) is 0 Å². The third-order valence-corrected chi connectivity index (χ3v) is 8.40. The largest absolute Gasteiger partial charge is 0.347 e. The third-order valence-electron chi connectivity index (χ3n) is 5.63. The standard InChI is InChI=1S/C21H19ClN2O2S2/c1-12-2-6-15(27-12)13-3-5-14-16(7-4-13)28-19(18(14)22)20(26)24-10-21(11-24)9-8-17(25)23-21/h2-6H,7-11H2,1H3,(H,23,25). The van der Waals surface area contributed by atoms with Crippen molar-refractivity contribution in [3.05, 3.63) is 54.4 Å². The number of hydrogen-bond donors (Lipinski definition) is 1. The second-order valence-corrected chi connectivity index (χ2v) is 10.4. The van der Waals surface area contributed by atoms with Crippen molar-refractivity contribution in [3.8, 4) is 0 Å².